The normalized spacial score (nSPS) is 29.4. The van der Waals surface area contributed by atoms with E-state index in [1.807, 2.05) is 23.1 Å². The van der Waals surface area contributed by atoms with Crippen LogP contribution >= 0.6 is 0 Å². The largest absolute Gasteiger partial charge is 0.345 e. The van der Waals surface area contributed by atoms with Gasteiger partial charge >= 0.3 is 0 Å². The number of hydrogen-bond acceptors (Lipinski definition) is 5. The van der Waals surface area contributed by atoms with Crippen molar-refractivity contribution in [2.45, 2.75) is 108 Å². The lowest BCUT2D eigenvalue weighted by molar-refractivity contribution is -0.118. The Hall–Kier alpha value is -2.21. The Labute approximate surface area is 202 Å². The molecule has 34 heavy (non-hydrogen) atoms. The van der Waals surface area contributed by atoms with Crippen molar-refractivity contribution in [2.75, 3.05) is 18.0 Å². The molecule has 0 N–H and O–H groups in total. The van der Waals surface area contributed by atoms with Gasteiger partial charge in [-0.3, -0.25) is 14.5 Å². The van der Waals surface area contributed by atoms with E-state index in [1.54, 1.807) is 0 Å². The Morgan fingerprint density at radius 3 is 2.21 bits per heavy atom. The van der Waals surface area contributed by atoms with E-state index in [-0.39, 0.29) is 17.4 Å². The molecule has 1 aromatic carbocycles. The second-order valence-corrected chi connectivity index (χ2v) is 11.1. The molecule has 2 bridgehead atoms. The van der Waals surface area contributed by atoms with Crippen LogP contribution in [-0.2, 0) is 4.79 Å². The molecule has 0 amide bonds. The van der Waals surface area contributed by atoms with E-state index >= 15 is 0 Å². The summed E-state index contributed by atoms with van der Waals surface area (Å²) in [6.07, 6.45) is 15.7. The highest BCUT2D eigenvalue weighted by atomic mass is 16.1. The van der Waals surface area contributed by atoms with Crippen LogP contribution in [0.2, 0.25) is 0 Å². The van der Waals surface area contributed by atoms with Gasteiger partial charge in [-0.25, -0.2) is 4.98 Å². The summed E-state index contributed by atoms with van der Waals surface area (Å²) in [6.45, 7) is 1.05. The van der Waals surface area contributed by atoms with Crippen molar-refractivity contribution >= 4 is 22.6 Å². The molecule has 182 valence electrons. The second-order valence-electron chi connectivity index (χ2n) is 11.1. The minimum absolute atomic E-state index is 0.00259. The summed E-state index contributed by atoms with van der Waals surface area (Å²) in [6, 6.07) is 10.2. The van der Waals surface area contributed by atoms with Gasteiger partial charge in [0.1, 0.15) is 0 Å². The first-order valence-electron chi connectivity index (χ1n) is 13.7. The number of benzene rings is 1. The highest BCUT2D eigenvalue weighted by Gasteiger charge is 2.44. The highest BCUT2D eigenvalue weighted by molar-refractivity contribution is 5.85. The first-order chi connectivity index (χ1) is 16.7. The van der Waals surface area contributed by atoms with E-state index in [2.05, 4.69) is 15.5 Å². The van der Waals surface area contributed by atoms with Crippen LogP contribution < -0.4 is 10.5 Å². The molecule has 4 fully saturated rings. The average molecular weight is 463 g/mol. The molecule has 1 unspecified atom stereocenters. The molecule has 2 aromatic rings. The molecule has 4 aliphatic rings. The average Bonchev–Trinajstić information content (AvgIpc) is 3.07. The van der Waals surface area contributed by atoms with Crippen molar-refractivity contribution in [3.05, 3.63) is 34.6 Å². The Kier molecular flexibility index (Phi) is 6.18. The summed E-state index contributed by atoms with van der Waals surface area (Å²) < 4.78 is 2.07. The number of rotatable bonds is 3. The molecule has 4 heterocycles. The minimum Gasteiger partial charge on any atom is -0.345 e. The molecular formula is C28H38N4O2. The van der Waals surface area contributed by atoms with Gasteiger partial charge in [-0.15, -0.1) is 0 Å². The van der Waals surface area contributed by atoms with E-state index in [4.69, 9.17) is 4.98 Å². The molecule has 1 aromatic heterocycles. The van der Waals surface area contributed by atoms with Crippen LogP contribution in [-0.4, -0.2) is 51.4 Å². The summed E-state index contributed by atoms with van der Waals surface area (Å²) in [5.41, 5.74) is 1.81. The standard InChI is InChI=1S/C28H38N4O2/c33-24-11-8-16-30(19-24)27-28(34)32(26-13-7-6-12-25(26)29-27)23-17-21-14-15-22(18-23)31(21)20-9-4-2-1-3-5-10-20/h6-7,12-13,20-23H,1-5,8-11,14-19H2/t21-,22+,23?. The Bertz CT molecular complexity index is 1090. The zero-order valence-electron chi connectivity index (χ0n) is 20.3. The van der Waals surface area contributed by atoms with Gasteiger partial charge in [0.2, 0.25) is 0 Å². The van der Waals surface area contributed by atoms with Crippen molar-refractivity contribution in [1.82, 2.24) is 14.5 Å². The summed E-state index contributed by atoms with van der Waals surface area (Å²) in [5.74, 6) is 0.680. The number of hydrogen-bond donors (Lipinski definition) is 0. The van der Waals surface area contributed by atoms with Crippen LogP contribution in [0.5, 0.6) is 0 Å². The molecular weight excluding hydrogens is 424 g/mol. The van der Waals surface area contributed by atoms with Gasteiger partial charge in [-0.2, -0.15) is 0 Å². The van der Waals surface area contributed by atoms with Crippen molar-refractivity contribution in [3.8, 4) is 0 Å². The summed E-state index contributed by atoms with van der Waals surface area (Å²) in [5, 5.41) is 0. The van der Waals surface area contributed by atoms with Gasteiger partial charge in [0.05, 0.1) is 17.6 Å². The minimum atomic E-state index is -0.00259. The fourth-order valence-corrected chi connectivity index (χ4v) is 7.45. The number of aromatic nitrogens is 2. The van der Waals surface area contributed by atoms with E-state index in [0.717, 1.165) is 42.9 Å². The Morgan fingerprint density at radius 2 is 1.47 bits per heavy atom. The number of fused-ring (bicyclic) bond motifs is 3. The zero-order valence-corrected chi connectivity index (χ0v) is 20.3. The zero-order chi connectivity index (χ0) is 23.1. The van der Waals surface area contributed by atoms with Crippen LogP contribution in [0.1, 0.15) is 89.5 Å². The lowest BCUT2D eigenvalue weighted by atomic mass is 9.89. The maximum absolute atomic E-state index is 13.9. The first-order valence-corrected chi connectivity index (χ1v) is 13.7. The Morgan fingerprint density at radius 1 is 0.765 bits per heavy atom. The van der Waals surface area contributed by atoms with Crippen LogP contribution in [0.15, 0.2) is 29.1 Å². The second kappa shape index (κ2) is 9.44. The van der Waals surface area contributed by atoms with Gasteiger partial charge in [0.15, 0.2) is 11.6 Å². The molecule has 3 atom stereocenters. The van der Waals surface area contributed by atoms with Crippen molar-refractivity contribution < 1.29 is 4.79 Å². The maximum Gasteiger partial charge on any atom is 0.294 e. The van der Waals surface area contributed by atoms with Crippen LogP contribution in [0.4, 0.5) is 5.82 Å². The van der Waals surface area contributed by atoms with Gasteiger partial charge in [-0.05, 0) is 57.1 Å². The molecule has 3 aliphatic heterocycles. The van der Waals surface area contributed by atoms with E-state index in [0.29, 0.717) is 30.9 Å². The molecule has 3 saturated heterocycles. The third-order valence-electron chi connectivity index (χ3n) is 8.95. The number of carbonyl (C=O) groups is 1. The van der Waals surface area contributed by atoms with Gasteiger partial charge in [0, 0.05) is 37.1 Å². The van der Waals surface area contributed by atoms with Crippen LogP contribution in [0, 0.1) is 0 Å². The molecule has 6 nitrogen and oxygen atoms in total. The quantitative estimate of drug-likeness (QED) is 0.653. The third kappa shape index (κ3) is 4.08. The molecule has 6 heteroatoms. The molecule has 1 aliphatic carbocycles. The predicted octanol–water partition coefficient (Wildman–Crippen LogP) is 4.85. The van der Waals surface area contributed by atoms with Crippen LogP contribution in [0.25, 0.3) is 11.0 Å². The molecule has 6 rings (SSSR count). The first kappa shape index (κ1) is 22.3. The lowest BCUT2D eigenvalue weighted by Crippen LogP contribution is -2.50. The van der Waals surface area contributed by atoms with Crippen molar-refractivity contribution in [1.29, 1.82) is 0 Å². The number of nitrogens with zero attached hydrogens (tertiary/aromatic N) is 4. The summed E-state index contributed by atoms with van der Waals surface area (Å²) >= 11 is 0. The number of Topliss-reactive ketones (excluding diaryl/α,β-unsaturated/α-hetero) is 1. The highest BCUT2D eigenvalue weighted by Crippen LogP contribution is 2.44. The number of anilines is 1. The van der Waals surface area contributed by atoms with Gasteiger partial charge in [0.25, 0.3) is 5.56 Å². The smallest absolute Gasteiger partial charge is 0.294 e. The lowest BCUT2D eigenvalue weighted by Gasteiger charge is -2.45. The monoisotopic (exact) mass is 462 g/mol. The fraction of sp³-hybridized carbons (Fsp3) is 0.679. The van der Waals surface area contributed by atoms with E-state index < -0.39 is 0 Å². The van der Waals surface area contributed by atoms with E-state index in [1.165, 1.54) is 57.8 Å². The SMILES string of the molecule is O=C1CCCN(c2nc3ccccc3n(C3C[C@H]4CC[C@@H](C3)N4C3CCCCCCC3)c2=O)C1. The Balaban J connectivity index is 1.33. The topological polar surface area (TPSA) is 58.4 Å². The van der Waals surface area contributed by atoms with Crippen molar-refractivity contribution in [3.63, 3.8) is 0 Å². The number of piperidine rings is 2. The van der Waals surface area contributed by atoms with Gasteiger partial charge < -0.3 is 9.47 Å². The van der Waals surface area contributed by atoms with E-state index in [9.17, 15) is 9.59 Å². The van der Waals surface area contributed by atoms with Gasteiger partial charge in [-0.1, -0.05) is 44.2 Å². The number of para-hydroxylation sites is 2. The summed E-state index contributed by atoms with van der Waals surface area (Å²) in [4.78, 5) is 35.7. The fourth-order valence-electron chi connectivity index (χ4n) is 7.45. The third-order valence-corrected chi connectivity index (χ3v) is 8.95. The molecule has 1 saturated carbocycles. The molecule has 0 spiro atoms. The van der Waals surface area contributed by atoms with Crippen LogP contribution in [0.3, 0.4) is 0 Å². The summed E-state index contributed by atoms with van der Waals surface area (Å²) in [7, 11) is 0. The number of carbonyl (C=O) groups excluding carboxylic acids is 1. The molecule has 0 radical (unpaired) electrons. The maximum atomic E-state index is 13.9. The number of ketones is 1. The van der Waals surface area contributed by atoms with Crippen molar-refractivity contribution in [2.24, 2.45) is 0 Å². The predicted molar refractivity (Wildman–Crippen MR) is 135 cm³/mol.